The summed E-state index contributed by atoms with van der Waals surface area (Å²) in [5.74, 6) is -0.730. The molecular weight excluding hydrogens is 406 g/mol. The number of benzene rings is 3. The van der Waals surface area contributed by atoms with E-state index in [2.05, 4.69) is 0 Å². The first-order valence-electron chi connectivity index (χ1n) is 10.1. The maximum Gasteiger partial charge on any atom is 0.342 e. The number of fused-ring (bicyclic) bond motifs is 1. The zero-order valence-electron chi connectivity index (χ0n) is 17.7. The largest absolute Gasteiger partial charge is 0.455 e. The third-order valence-electron chi connectivity index (χ3n) is 5.25. The lowest BCUT2D eigenvalue weighted by Gasteiger charge is -2.17. The van der Waals surface area contributed by atoms with E-state index in [1.165, 1.54) is 11.0 Å². The zero-order valence-corrected chi connectivity index (χ0v) is 17.7. The van der Waals surface area contributed by atoms with Gasteiger partial charge in [-0.25, -0.2) is 4.79 Å². The minimum Gasteiger partial charge on any atom is -0.455 e. The van der Waals surface area contributed by atoms with Crippen molar-refractivity contribution in [2.24, 2.45) is 0 Å². The van der Waals surface area contributed by atoms with Crippen LogP contribution in [-0.2, 0) is 9.53 Å². The molecule has 0 saturated heterocycles. The number of esters is 1. The molecule has 0 aliphatic rings. The smallest absolute Gasteiger partial charge is 0.342 e. The van der Waals surface area contributed by atoms with Gasteiger partial charge in [0, 0.05) is 23.9 Å². The quantitative estimate of drug-likeness (QED) is 0.436. The van der Waals surface area contributed by atoms with Crippen molar-refractivity contribution in [2.75, 3.05) is 18.6 Å². The van der Waals surface area contributed by atoms with Gasteiger partial charge < -0.3 is 14.1 Å². The SMILES string of the molecule is Cc1c(-c2ccccc2)oc2c(C(=O)OCC(=O)N(C)c3ccccc3)cccc2c1=O. The average molecular weight is 427 g/mol. The van der Waals surface area contributed by atoms with Crippen LogP contribution in [0.3, 0.4) is 0 Å². The van der Waals surface area contributed by atoms with Crippen LogP contribution in [0, 0.1) is 6.92 Å². The molecule has 6 nitrogen and oxygen atoms in total. The van der Waals surface area contributed by atoms with Crippen molar-refractivity contribution in [3.63, 3.8) is 0 Å². The summed E-state index contributed by atoms with van der Waals surface area (Å²) < 4.78 is 11.3. The second-order valence-corrected chi connectivity index (χ2v) is 7.30. The van der Waals surface area contributed by atoms with E-state index in [1.54, 1.807) is 38.2 Å². The van der Waals surface area contributed by atoms with Gasteiger partial charge in [0.25, 0.3) is 5.91 Å². The Bertz CT molecular complexity index is 1340. The number of anilines is 1. The number of carbonyl (C=O) groups is 2. The fourth-order valence-corrected chi connectivity index (χ4v) is 3.43. The first kappa shape index (κ1) is 21.1. The Balaban J connectivity index is 1.64. The van der Waals surface area contributed by atoms with Gasteiger partial charge in [0.2, 0.25) is 0 Å². The van der Waals surface area contributed by atoms with Crippen molar-refractivity contribution >= 4 is 28.5 Å². The van der Waals surface area contributed by atoms with Crippen molar-refractivity contribution in [1.82, 2.24) is 0 Å². The summed E-state index contributed by atoms with van der Waals surface area (Å²) in [5, 5.41) is 0.282. The number of hydrogen-bond donors (Lipinski definition) is 0. The van der Waals surface area contributed by atoms with E-state index in [0.29, 0.717) is 17.0 Å². The van der Waals surface area contributed by atoms with Crippen LogP contribution in [0.2, 0.25) is 0 Å². The first-order chi connectivity index (χ1) is 15.5. The van der Waals surface area contributed by atoms with Crippen molar-refractivity contribution < 1.29 is 18.7 Å². The summed E-state index contributed by atoms with van der Waals surface area (Å²) in [6.45, 7) is 1.25. The Kier molecular flexibility index (Phi) is 5.85. The molecule has 1 aromatic heterocycles. The second kappa shape index (κ2) is 8.89. The maximum absolute atomic E-state index is 12.9. The molecule has 6 heteroatoms. The summed E-state index contributed by atoms with van der Waals surface area (Å²) in [6.07, 6.45) is 0. The summed E-state index contributed by atoms with van der Waals surface area (Å²) in [4.78, 5) is 39.6. The third kappa shape index (κ3) is 4.03. The summed E-state index contributed by atoms with van der Waals surface area (Å²) in [7, 11) is 1.61. The van der Waals surface area contributed by atoms with Gasteiger partial charge in [-0.3, -0.25) is 9.59 Å². The zero-order chi connectivity index (χ0) is 22.7. The Morgan fingerprint density at radius 2 is 1.56 bits per heavy atom. The van der Waals surface area contributed by atoms with Crippen LogP contribution >= 0.6 is 0 Å². The van der Waals surface area contributed by atoms with Gasteiger partial charge in [-0.05, 0) is 31.2 Å². The van der Waals surface area contributed by atoms with E-state index in [4.69, 9.17) is 9.15 Å². The van der Waals surface area contributed by atoms with E-state index in [9.17, 15) is 14.4 Å². The summed E-state index contributed by atoms with van der Waals surface area (Å²) in [6, 6.07) is 23.0. The van der Waals surface area contributed by atoms with E-state index >= 15 is 0 Å². The standard InChI is InChI=1S/C26H21NO5/c1-17-23(29)20-14-9-15-21(25(20)32-24(17)18-10-5-3-6-11-18)26(30)31-16-22(28)27(2)19-12-7-4-8-13-19/h3-15H,16H2,1-2H3. The second-order valence-electron chi connectivity index (χ2n) is 7.30. The van der Waals surface area contributed by atoms with E-state index in [0.717, 1.165) is 5.56 Å². The molecule has 4 rings (SSSR count). The molecule has 0 saturated carbocycles. The fraction of sp³-hybridized carbons (Fsp3) is 0.115. The molecule has 0 atom stereocenters. The fourth-order valence-electron chi connectivity index (χ4n) is 3.43. The number of likely N-dealkylation sites (N-methyl/N-ethyl adjacent to an activating group) is 1. The number of amides is 1. The lowest BCUT2D eigenvalue weighted by molar-refractivity contribution is -0.121. The number of hydrogen-bond acceptors (Lipinski definition) is 5. The van der Waals surface area contributed by atoms with Crippen LogP contribution in [0.15, 0.2) is 88.1 Å². The Morgan fingerprint density at radius 1 is 0.906 bits per heavy atom. The molecule has 0 aliphatic heterocycles. The van der Waals surface area contributed by atoms with Gasteiger partial charge in [-0.15, -0.1) is 0 Å². The summed E-state index contributed by atoms with van der Waals surface area (Å²) >= 11 is 0. The van der Waals surface area contributed by atoms with Crippen molar-refractivity contribution in [3.05, 3.63) is 100 Å². The average Bonchev–Trinajstić information content (AvgIpc) is 2.84. The van der Waals surface area contributed by atoms with Crippen molar-refractivity contribution in [3.8, 4) is 11.3 Å². The predicted octanol–water partition coefficient (Wildman–Crippen LogP) is 4.59. The number of rotatable bonds is 5. The molecule has 4 aromatic rings. The third-order valence-corrected chi connectivity index (χ3v) is 5.25. The number of carbonyl (C=O) groups excluding carboxylic acids is 2. The molecule has 1 heterocycles. The van der Waals surface area contributed by atoms with Gasteiger partial charge in [0.15, 0.2) is 17.6 Å². The minimum absolute atomic E-state index is 0.0898. The summed E-state index contributed by atoms with van der Waals surface area (Å²) in [5.41, 5.74) is 1.87. The highest BCUT2D eigenvalue weighted by Crippen LogP contribution is 2.27. The van der Waals surface area contributed by atoms with Crippen molar-refractivity contribution in [2.45, 2.75) is 6.92 Å². The molecule has 0 fully saturated rings. The highest BCUT2D eigenvalue weighted by molar-refractivity contribution is 6.03. The van der Waals surface area contributed by atoms with Gasteiger partial charge in [-0.2, -0.15) is 0 Å². The van der Waals surface area contributed by atoms with Crippen LogP contribution in [0.5, 0.6) is 0 Å². The monoisotopic (exact) mass is 427 g/mol. The van der Waals surface area contributed by atoms with E-state index in [-0.39, 0.29) is 27.9 Å². The topological polar surface area (TPSA) is 76.8 Å². The van der Waals surface area contributed by atoms with Crippen molar-refractivity contribution in [1.29, 1.82) is 0 Å². The van der Waals surface area contributed by atoms with E-state index < -0.39 is 12.6 Å². The molecule has 3 aromatic carbocycles. The molecule has 0 spiro atoms. The Morgan fingerprint density at radius 3 is 2.25 bits per heavy atom. The van der Waals surface area contributed by atoms with Gasteiger partial charge >= 0.3 is 5.97 Å². The lowest BCUT2D eigenvalue weighted by atomic mass is 10.0. The Labute approximate surface area is 184 Å². The predicted molar refractivity (Wildman–Crippen MR) is 123 cm³/mol. The Hall–Kier alpha value is -4.19. The molecular formula is C26H21NO5. The molecule has 0 unspecified atom stereocenters. The number of ether oxygens (including phenoxy) is 1. The highest BCUT2D eigenvalue weighted by atomic mass is 16.5. The van der Waals surface area contributed by atoms with Gasteiger partial charge in [-0.1, -0.05) is 54.6 Å². The minimum atomic E-state index is -0.739. The molecule has 32 heavy (non-hydrogen) atoms. The van der Waals surface area contributed by atoms with Crippen LogP contribution in [0.25, 0.3) is 22.3 Å². The lowest BCUT2D eigenvalue weighted by Crippen LogP contribution is -2.31. The number of nitrogens with zero attached hydrogens (tertiary/aromatic N) is 1. The van der Waals surface area contributed by atoms with Crippen LogP contribution in [0.1, 0.15) is 15.9 Å². The molecule has 1 amide bonds. The molecule has 160 valence electrons. The normalized spacial score (nSPS) is 10.7. The molecule has 0 N–H and O–H groups in total. The highest BCUT2D eigenvalue weighted by Gasteiger charge is 2.21. The van der Waals surface area contributed by atoms with Crippen LogP contribution in [0.4, 0.5) is 5.69 Å². The molecule has 0 bridgehead atoms. The van der Waals surface area contributed by atoms with Crippen LogP contribution < -0.4 is 10.3 Å². The first-order valence-corrected chi connectivity index (χ1v) is 10.1. The van der Waals surface area contributed by atoms with Crippen LogP contribution in [-0.4, -0.2) is 25.5 Å². The van der Waals surface area contributed by atoms with Gasteiger partial charge in [0.05, 0.1) is 5.39 Å². The maximum atomic E-state index is 12.9. The molecule has 0 radical (unpaired) electrons. The number of para-hydroxylation sites is 2. The van der Waals surface area contributed by atoms with Gasteiger partial charge in [0.1, 0.15) is 11.3 Å². The van der Waals surface area contributed by atoms with E-state index in [1.807, 2.05) is 48.5 Å². The molecule has 0 aliphatic carbocycles.